The molecule has 0 aromatic rings. The van der Waals surface area contributed by atoms with E-state index < -0.39 is 0 Å². The van der Waals surface area contributed by atoms with E-state index >= 15 is 0 Å². The molecule has 0 aromatic carbocycles. The van der Waals surface area contributed by atoms with Crippen LogP contribution >= 0.6 is 0 Å². The fourth-order valence-corrected chi connectivity index (χ4v) is 0. The van der Waals surface area contributed by atoms with Crippen molar-refractivity contribution in [3.05, 3.63) is 12.8 Å². The normalized spacial score (nSPS) is 5.14. The van der Waals surface area contributed by atoms with Crippen LogP contribution in [0.15, 0.2) is 0 Å². The molecular formula is C6H14Cr. The summed E-state index contributed by atoms with van der Waals surface area (Å²) in [6, 6.07) is 0. The molecule has 0 spiro atoms. The van der Waals surface area contributed by atoms with Crippen molar-refractivity contribution in [2.45, 2.75) is 27.7 Å². The minimum atomic E-state index is 0. The number of rotatable bonds is 0. The summed E-state index contributed by atoms with van der Waals surface area (Å²) < 4.78 is 0. The standard InChI is InChI=1S/2C3H7.Cr/c2*1-3-2;/h2*3H,1-2H3;/q2*-1;+2. The third kappa shape index (κ3) is 473. The molecule has 0 atom stereocenters. The molecule has 0 aliphatic carbocycles. The van der Waals surface area contributed by atoms with Gasteiger partial charge < -0.3 is 12.8 Å². The number of hydrogen-bond acceptors (Lipinski definition) is 0. The monoisotopic (exact) mass is 138 g/mol. The molecule has 7 heavy (non-hydrogen) atoms. The van der Waals surface area contributed by atoms with E-state index in [1.54, 1.807) is 0 Å². The molecule has 0 N–H and O–H groups in total. The summed E-state index contributed by atoms with van der Waals surface area (Å²) in [4.78, 5) is 0. The van der Waals surface area contributed by atoms with Gasteiger partial charge in [-0.05, 0) is 0 Å². The van der Waals surface area contributed by atoms with Crippen LogP contribution < -0.4 is 0 Å². The van der Waals surface area contributed by atoms with Crippen LogP contribution in [-0.4, -0.2) is 0 Å². The summed E-state index contributed by atoms with van der Waals surface area (Å²) in [6.45, 7) is 8.00. The van der Waals surface area contributed by atoms with Gasteiger partial charge in [0.15, 0.2) is 0 Å². The van der Waals surface area contributed by atoms with Gasteiger partial charge in [-0.1, -0.05) is 0 Å². The molecule has 0 heterocycles. The van der Waals surface area contributed by atoms with Crippen LogP contribution in [0, 0.1) is 12.8 Å². The van der Waals surface area contributed by atoms with Crippen molar-refractivity contribution in [3.63, 3.8) is 0 Å². The molecule has 0 aliphatic heterocycles. The van der Waals surface area contributed by atoms with Gasteiger partial charge >= 0.3 is 17.4 Å². The zero-order valence-electron chi connectivity index (χ0n) is 5.56. The minimum absolute atomic E-state index is 0. The Labute approximate surface area is 58.4 Å². The predicted molar refractivity (Wildman–Crippen MR) is 31.3 cm³/mol. The van der Waals surface area contributed by atoms with E-state index in [0.717, 1.165) is 0 Å². The van der Waals surface area contributed by atoms with E-state index in [-0.39, 0.29) is 17.4 Å². The van der Waals surface area contributed by atoms with Gasteiger partial charge in [0, 0.05) is 0 Å². The van der Waals surface area contributed by atoms with Crippen molar-refractivity contribution in [3.8, 4) is 0 Å². The molecule has 0 amide bonds. The summed E-state index contributed by atoms with van der Waals surface area (Å²) in [7, 11) is 0. The zero-order valence-corrected chi connectivity index (χ0v) is 6.84. The van der Waals surface area contributed by atoms with Gasteiger partial charge in [0.1, 0.15) is 0 Å². The van der Waals surface area contributed by atoms with Gasteiger partial charge in [0.25, 0.3) is 0 Å². The van der Waals surface area contributed by atoms with Gasteiger partial charge in [-0.25, -0.2) is 0 Å². The molecule has 0 bridgehead atoms. The maximum atomic E-state index is 2.00. The first-order valence-corrected chi connectivity index (χ1v) is 2.31. The van der Waals surface area contributed by atoms with Gasteiger partial charge in [0.05, 0.1) is 0 Å². The van der Waals surface area contributed by atoms with Crippen molar-refractivity contribution < 1.29 is 17.4 Å². The van der Waals surface area contributed by atoms with Crippen LogP contribution in [0.2, 0.25) is 0 Å². The van der Waals surface area contributed by atoms with E-state index in [9.17, 15) is 0 Å². The van der Waals surface area contributed by atoms with Crippen molar-refractivity contribution in [1.82, 2.24) is 0 Å². The van der Waals surface area contributed by atoms with Crippen LogP contribution in [0.4, 0.5) is 0 Å². The first-order valence-electron chi connectivity index (χ1n) is 2.31. The Morgan fingerprint density at radius 1 is 0.714 bits per heavy atom. The van der Waals surface area contributed by atoms with Gasteiger partial charge in [-0.3, -0.25) is 0 Å². The Morgan fingerprint density at radius 3 is 0.714 bits per heavy atom. The second-order valence-corrected chi connectivity index (χ2v) is 1.15. The molecule has 1 heteroatoms. The van der Waals surface area contributed by atoms with Crippen LogP contribution in [0.5, 0.6) is 0 Å². The zero-order chi connectivity index (χ0) is 5.41. The third-order valence-electron chi connectivity index (χ3n) is 0. The number of hydrogen-bond donors (Lipinski definition) is 0. The van der Waals surface area contributed by atoms with Crippen LogP contribution in [0.1, 0.15) is 27.7 Å². The summed E-state index contributed by atoms with van der Waals surface area (Å²) in [5.41, 5.74) is 0. The maximum absolute atomic E-state index is 2.00. The molecule has 0 nitrogen and oxygen atoms in total. The average Bonchev–Trinajstić information content (AvgIpc) is 1.39. The van der Waals surface area contributed by atoms with Gasteiger partial charge in [-0.15, -0.1) is 0 Å². The van der Waals surface area contributed by atoms with Crippen LogP contribution in [0.25, 0.3) is 0 Å². The molecule has 0 aliphatic rings. The third-order valence-corrected chi connectivity index (χ3v) is 0. The van der Waals surface area contributed by atoms with Crippen molar-refractivity contribution in [1.29, 1.82) is 0 Å². The Hall–Kier alpha value is 0.532. The van der Waals surface area contributed by atoms with Gasteiger partial charge in [-0.2, -0.15) is 27.7 Å². The van der Waals surface area contributed by atoms with Crippen LogP contribution in [0.3, 0.4) is 0 Å². The summed E-state index contributed by atoms with van der Waals surface area (Å²) >= 11 is 0. The first-order chi connectivity index (χ1) is 2.83. The second-order valence-electron chi connectivity index (χ2n) is 1.15. The van der Waals surface area contributed by atoms with E-state index in [2.05, 4.69) is 0 Å². The molecule has 0 fully saturated rings. The molecule has 44 valence electrons. The molecule has 0 saturated carbocycles. The fraction of sp³-hybridized carbons (Fsp3) is 0.667. The minimum Gasteiger partial charge on any atom is -0.335 e. The van der Waals surface area contributed by atoms with Gasteiger partial charge in [0.2, 0.25) is 0 Å². The van der Waals surface area contributed by atoms with Crippen molar-refractivity contribution in [2.75, 3.05) is 0 Å². The summed E-state index contributed by atoms with van der Waals surface area (Å²) in [6.07, 6.45) is 4.00. The predicted octanol–water partition coefficient (Wildman–Crippen LogP) is 2.46. The van der Waals surface area contributed by atoms with E-state index in [0.29, 0.717) is 0 Å². The fourth-order valence-electron chi connectivity index (χ4n) is 0. The van der Waals surface area contributed by atoms with E-state index in [4.69, 9.17) is 0 Å². The molecule has 0 aromatic heterocycles. The average molecular weight is 138 g/mol. The van der Waals surface area contributed by atoms with Crippen LogP contribution in [-0.2, 0) is 17.4 Å². The topological polar surface area (TPSA) is 0 Å². The van der Waals surface area contributed by atoms with Crippen molar-refractivity contribution in [2.24, 2.45) is 0 Å². The first kappa shape index (κ1) is 15.6. The summed E-state index contributed by atoms with van der Waals surface area (Å²) in [5, 5.41) is 0. The Balaban J connectivity index is -0.0000000400. The van der Waals surface area contributed by atoms with E-state index in [1.165, 1.54) is 0 Å². The SMILES string of the molecule is C[CH-]C.C[CH-]C.[Cr+2]. The van der Waals surface area contributed by atoms with E-state index in [1.807, 2.05) is 40.5 Å². The molecule has 0 unspecified atom stereocenters. The Kier molecular flexibility index (Phi) is 69.7. The molecule has 0 saturated heterocycles. The maximum Gasteiger partial charge on any atom is 2.00 e. The quantitative estimate of drug-likeness (QED) is 0.451. The smallest absolute Gasteiger partial charge is 0.335 e. The Morgan fingerprint density at radius 2 is 0.714 bits per heavy atom. The summed E-state index contributed by atoms with van der Waals surface area (Å²) in [5.74, 6) is 0. The molecule has 0 rings (SSSR count). The molecular weight excluding hydrogens is 124 g/mol. The van der Waals surface area contributed by atoms with Crippen molar-refractivity contribution >= 4 is 0 Å². The molecule has 0 radical (unpaired) electrons. The largest absolute Gasteiger partial charge is 2.00 e. The Bertz CT molecular complexity index is 6.14. The second kappa shape index (κ2) is 31.2.